The van der Waals surface area contributed by atoms with Gasteiger partial charge in [-0.3, -0.25) is 4.79 Å². The number of benzene rings is 1. The third kappa shape index (κ3) is 1.68. The van der Waals surface area contributed by atoms with E-state index >= 15 is 0 Å². The molecule has 1 fully saturated rings. The van der Waals surface area contributed by atoms with Crippen molar-refractivity contribution in [3.8, 4) is 0 Å². The highest BCUT2D eigenvalue weighted by molar-refractivity contribution is 5.99. The number of fused-ring (bicyclic) bond motifs is 1. The zero-order valence-corrected chi connectivity index (χ0v) is 10.2. The predicted octanol–water partition coefficient (Wildman–Crippen LogP) is 3.12. The van der Waals surface area contributed by atoms with Gasteiger partial charge in [-0.15, -0.1) is 0 Å². The minimum Gasteiger partial charge on any atom is -0.451 e. The van der Waals surface area contributed by atoms with E-state index < -0.39 is 0 Å². The molecule has 0 aliphatic carbocycles. The Labute approximate surface area is 104 Å². The van der Waals surface area contributed by atoms with Crippen LogP contribution < -0.4 is 0 Å². The first kappa shape index (κ1) is 11.3. The number of carbonyl (C=O) groups is 1. The van der Waals surface area contributed by atoms with Crippen LogP contribution in [0.25, 0.3) is 11.0 Å². The summed E-state index contributed by atoms with van der Waals surface area (Å²) in [5.74, 6) is -0.0503. The summed E-state index contributed by atoms with van der Waals surface area (Å²) in [5, 5.41) is 0.678. The highest BCUT2D eigenvalue weighted by Crippen LogP contribution is 2.27. The Hall–Kier alpha value is -1.84. The van der Waals surface area contributed by atoms with Crippen LogP contribution in [0.4, 0.5) is 4.39 Å². The highest BCUT2D eigenvalue weighted by atomic mass is 19.1. The molecule has 2 heterocycles. The van der Waals surface area contributed by atoms with Gasteiger partial charge in [-0.05, 0) is 38.0 Å². The largest absolute Gasteiger partial charge is 0.451 e. The number of likely N-dealkylation sites (tertiary alicyclic amines) is 1. The van der Waals surface area contributed by atoms with Crippen LogP contribution in [0.1, 0.15) is 29.0 Å². The van der Waals surface area contributed by atoms with Gasteiger partial charge in [-0.25, -0.2) is 4.39 Å². The number of nitrogens with zero attached hydrogens (tertiary/aromatic N) is 1. The molecule has 0 spiro atoms. The van der Waals surface area contributed by atoms with Crippen LogP contribution in [0.15, 0.2) is 22.6 Å². The molecule has 0 atom stereocenters. The van der Waals surface area contributed by atoms with Gasteiger partial charge in [-0.1, -0.05) is 0 Å². The third-order valence-corrected chi connectivity index (χ3v) is 3.49. The maximum atomic E-state index is 13.2. The molecule has 1 saturated heterocycles. The van der Waals surface area contributed by atoms with Gasteiger partial charge in [0.05, 0.1) is 0 Å². The van der Waals surface area contributed by atoms with Crippen molar-refractivity contribution < 1.29 is 13.6 Å². The predicted molar refractivity (Wildman–Crippen MR) is 66.0 cm³/mol. The third-order valence-electron chi connectivity index (χ3n) is 3.49. The summed E-state index contributed by atoms with van der Waals surface area (Å²) in [6, 6.07) is 4.32. The lowest BCUT2D eigenvalue weighted by Crippen LogP contribution is -2.27. The molecule has 1 aromatic carbocycles. The Kier molecular flexibility index (Phi) is 2.58. The zero-order valence-electron chi connectivity index (χ0n) is 10.2. The van der Waals surface area contributed by atoms with E-state index in [0.29, 0.717) is 16.7 Å². The number of hydrogen-bond donors (Lipinski definition) is 0. The minimum absolute atomic E-state index is 0.0818. The van der Waals surface area contributed by atoms with Crippen LogP contribution in [0.2, 0.25) is 0 Å². The van der Waals surface area contributed by atoms with Gasteiger partial charge in [0.2, 0.25) is 0 Å². The zero-order chi connectivity index (χ0) is 12.7. The molecule has 1 aromatic heterocycles. The van der Waals surface area contributed by atoms with E-state index in [2.05, 4.69) is 0 Å². The lowest BCUT2D eigenvalue weighted by Gasteiger charge is -2.13. The second-order valence-electron chi connectivity index (χ2n) is 4.70. The summed E-state index contributed by atoms with van der Waals surface area (Å²) >= 11 is 0. The number of carbonyl (C=O) groups excluding carboxylic acids is 1. The molecule has 3 rings (SSSR count). The van der Waals surface area contributed by atoms with Crippen molar-refractivity contribution in [1.29, 1.82) is 0 Å². The van der Waals surface area contributed by atoms with Crippen LogP contribution in [0.3, 0.4) is 0 Å². The van der Waals surface area contributed by atoms with Gasteiger partial charge < -0.3 is 9.32 Å². The quantitative estimate of drug-likeness (QED) is 0.775. The van der Waals surface area contributed by atoms with E-state index in [1.165, 1.54) is 12.1 Å². The van der Waals surface area contributed by atoms with Gasteiger partial charge >= 0.3 is 0 Å². The summed E-state index contributed by atoms with van der Waals surface area (Å²) in [7, 11) is 0. The Morgan fingerprint density at radius 1 is 1.33 bits per heavy atom. The Balaban J connectivity index is 2.06. The van der Waals surface area contributed by atoms with Crippen LogP contribution in [-0.4, -0.2) is 23.9 Å². The number of furan rings is 1. The van der Waals surface area contributed by atoms with Crippen LogP contribution in [0, 0.1) is 12.7 Å². The van der Waals surface area contributed by atoms with Crippen molar-refractivity contribution in [1.82, 2.24) is 4.90 Å². The molecule has 0 radical (unpaired) electrons. The first-order valence-electron chi connectivity index (χ1n) is 6.15. The Morgan fingerprint density at radius 2 is 2.06 bits per heavy atom. The van der Waals surface area contributed by atoms with Crippen molar-refractivity contribution in [2.75, 3.05) is 13.1 Å². The Bertz CT molecular complexity index is 612. The molecule has 18 heavy (non-hydrogen) atoms. The molecule has 1 aliphatic heterocycles. The maximum Gasteiger partial charge on any atom is 0.289 e. The molecular weight excluding hydrogens is 233 g/mol. The lowest BCUT2D eigenvalue weighted by atomic mass is 10.1. The fourth-order valence-electron chi connectivity index (χ4n) is 2.46. The molecule has 4 heteroatoms. The second-order valence-corrected chi connectivity index (χ2v) is 4.70. The van der Waals surface area contributed by atoms with Crippen LogP contribution >= 0.6 is 0 Å². The van der Waals surface area contributed by atoms with E-state index in [4.69, 9.17) is 4.42 Å². The van der Waals surface area contributed by atoms with Gasteiger partial charge in [-0.2, -0.15) is 0 Å². The molecule has 0 bridgehead atoms. The number of aryl methyl sites for hydroxylation is 1. The minimum atomic E-state index is -0.313. The first-order chi connectivity index (χ1) is 8.66. The van der Waals surface area contributed by atoms with Gasteiger partial charge in [0, 0.05) is 24.0 Å². The number of hydrogen-bond acceptors (Lipinski definition) is 2. The summed E-state index contributed by atoms with van der Waals surface area (Å²) in [5.41, 5.74) is 1.29. The smallest absolute Gasteiger partial charge is 0.289 e. The van der Waals surface area contributed by atoms with Crippen molar-refractivity contribution in [3.05, 3.63) is 35.3 Å². The summed E-state index contributed by atoms with van der Waals surface area (Å²) in [6.07, 6.45) is 2.08. The van der Waals surface area contributed by atoms with E-state index in [0.717, 1.165) is 31.5 Å². The number of amides is 1. The SMILES string of the molecule is Cc1c(C(=O)N2CCCC2)oc2ccc(F)cc12. The van der Waals surface area contributed by atoms with E-state index in [9.17, 15) is 9.18 Å². The summed E-state index contributed by atoms with van der Waals surface area (Å²) in [6.45, 7) is 3.36. The molecule has 1 amide bonds. The number of halogens is 1. The van der Waals surface area contributed by atoms with Crippen molar-refractivity contribution >= 4 is 16.9 Å². The van der Waals surface area contributed by atoms with E-state index in [1.807, 2.05) is 0 Å². The van der Waals surface area contributed by atoms with E-state index in [1.54, 1.807) is 17.9 Å². The average Bonchev–Trinajstić information content (AvgIpc) is 2.98. The average molecular weight is 247 g/mol. The topological polar surface area (TPSA) is 33.5 Å². The standard InChI is InChI=1S/C14H14FNO2/c1-9-11-8-10(15)4-5-12(11)18-13(9)14(17)16-6-2-3-7-16/h4-5,8H,2-3,6-7H2,1H3. The highest BCUT2D eigenvalue weighted by Gasteiger charge is 2.25. The molecule has 0 N–H and O–H groups in total. The second kappa shape index (κ2) is 4.12. The molecule has 1 aliphatic rings. The summed E-state index contributed by atoms with van der Waals surface area (Å²) < 4.78 is 18.8. The molecular formula is C14H14FNO2. The van der Waals surface area contributed by atoms with Gasteiger partial charge in [0.25, 0.3) is 5.91 Å². The first-order valence-corrected chi connectivity index (χ1v) is 6.15. The molecule has 3 nitrogen and oxygen atoms in total. The molecule has 94 valence electrons. The number of rotatable bonds is 1. The van der Waals surface area contributed by atoms with E-state index in [-0.39, 0.29) is 11.7 Å². The fourth-order valence-corrected chi connectivity index (χ4v) is 2.46. The van der Waals surface area contributed by atoms with Crippen molar-refractivity contribution in [2.24, 2.45) is 0 Å². The molecule has 2 aromatic rings. The van der Waals surface area contributed by atoms with Crippen molar-refractivity contribution in [3.63, 3.8) is 0 Å². The lowest BCUT2D eigenvalue weighted by molar-refractivity contribution is 0.0762. The summed E-state index contributed by atoms with van der Waals surface area (Å²) in [4.78, 5) is 14.1. The molecule has 0 saturated carbocycles. The maximum absolute atomic E-state index is 13.2. The van der Waals surface area contributed by atoms with Gasteiger partial charge in [0.1, 0.15) is 11.4 Å². The van der Waals surface area contributed by atoms with Crippen LogP contribution in [-0.2, 0) is 0 Å². The molecule has 0 unspecified atom stereocenters. The van der Waals surface area contributed by atoms with Crippen LogP contribution in [0.5, 0.6) is 0 Å². The monoisotopic (exact) mass is 247 g/mol. The Morgan fingerprint density at radius 3 is 2.78 bits per heavy atom. The van der Waals surface area contributed by atoms with Gasteiger partial charge in [0.15, 0.2) is 5.76 Å². The van der Waals surface area contributed by atoms with Crippen molar-refractivity contribution in [2.45, 2.75) is 19.8 Å². The fraction of sp³-hybridized carbons (Fsp3) is 0.357. The normalized spacial score (nSPS) is 15.6.